The molecule has 0 saturated carbocycles. The number of hydrogen-bond acceptors (Lipinski definition) is 4. The van der Waals surface area contributed by atoms with Crippen LogP contribution in [0.3, 0.4) is 0 Å². The molecule has 0 aliphatic rings. The predicted octanol–water partition coefficient (Wildman–Crippen LogP) is 1.26. The van der Waals surface area contributed by atoms with Crippen molar-refractivity contribution >= 4 is 21.6 Å². The van der Waals surface area contributed by atoms with Gasteiger partial charge in [0.05, 0.1) is 11.1 Å². The quantitative estimate of drug-likeness (QED) is 0.890. The summed E-state index contributed by atoms with van der Waals surface area (Å²) >= 11 is 0. The number of primary sulfonamides is 1. The van der Waals surface area contributed by atoms with E-state index in [9.17, 15) is 22.0 Å². The molecule has 0 bridgehead atoms. The molecule has 0 atom stereocenters. The second-order valence-corrected chi connectivity index (χ2v) is 5.60. The van der Waals surface area contributed by atoms with E-state index < -0.39 is 32.5 Å². The van der Waals surface area contributed by atoms with Crippen molar-refractivity contribution < 1.29 is 22.0 Å². The Morgan fingerprint density at radius 2 is 1.86 bits per heavy atom. The van der Waals surface area contributed by atoms with Gasteiger partial charge in [-0.25, -0.2) is 27.3 Å². The number of rotatable bonds is 3. The maximum absolute atomic E-state index is 13.3. The van der Waals surface area contributed by atoms with Crippen LogP contribution in [-0.2, 0) is 10.0 Å². The van der Waals surface area contributed by atoms with Crippen LogP contribution in [0, 0.1) is 11.6 Å². The first-order valence-electron chi connectivity index (χ1n) is 5.52. The molecule has 0 spiro atoms. The number of pyridine rings is 1. The number of hydrogen-bond donors (Lipinski definition) is 2. The second-order valence-electron chi connectivity index (χ2n) is 4.04. The third-order valence-corrected chi connectivity index (χ3v) is 3.31. The van der Waals surface area contributed by atoms with E-state index in [1.54, 1.807) is 0 Å². The highest BCUT2D eigenvalue weighted by Crippen LogP contribution is 2.17. The van der Waals surface area contributed by atoms with Crippen LogP contribution in [-0.4, -0.2) is 19.3 Å². The van der Waals surface area contributed by atoms with E-state index in [0.717, 1.165) is 36.5 Å². The minimum Gasteiger partial charge on any atom is -0.321 e. The summed E-state index contributed by atoms with van der Waals surface area (Å²) < 4.78 is 48.4. The van der Waals surface area contributed by atoms with Crippen LogP contribution >= 0.6 is 0 Å². The summed E-state index contributed by atoms with van der Waals surface area (Å²) in [7, 11) is -4.11. The Labute approximate surface area is 118 Å². The van der Waals surface area contributed by atoms with Gasteiger partial charge in [0.25, 0.3) is 5.91 Å². The third kappa shape index (κ3) is 3.80. The fraction of sp³-hybridized carbons (Fsp3) is 0. The van der Waals surface area contributed by atoms with Crippen LogP contribution in [0.4, 0.5) is 14.5 Å². The number of aromatic nitrogens is 1. The number of sulfonamides is 1. The highest BCUT2D eigenvalue weighted by molar-refractivity contribution is 7.89. The van der Waals surface area contributed by atoms with Gasteiger partial charge in [-0.3, -0.25) is 4.79 Å². The van der Waals surface area contributed by atoms with E-state index in [4.69, 9.17) is 5.14 Å². The Hall–Kier alpha value is -2.39. The third-order valence-electron chi connectivity index (χ3n) is 2.42. The van der Waals surface area contributed by atoms with Crippen molar-refractivity contribution in [2.45, 2.75) is 4.90 Å². The highest BCUT2D eigenvalue weighted by Gasteiger charge is 2.13. The summed E-state index contributed by atoms with van der Waals surface area (Å²) in [6, 6.07) is 4.80. The molecule has 110 valence electrons. The lowest BCUT2D eigenvalue weighted by Crippen LogP contribution is -2.16. The Bertz CT molecular complexity index is 792. The summed E-state index contributed by atoms with van der Waals surface area (Å²) in [6.45, 7) is 0. The van der Waals surface area contributed by atoms with Gasteiger partial charge in [0, 0.05) is 5.69 Å². The second kappa shape index (κ2) is 5.54. The first-order valence-corrected chi connectivity index (χ1v) is 7.06. The summed E-state index contributed by atoms with van der Waals surface area (Å²) in [4.78, 5) is 14.9. The van der Waals surface area contributed by atoms with Crippen LogP contribution < -0.4 is 10.5 Å². The zero-order chi connectivity index (χ0) is 15.6. The SMILES string of the molecule is NS(=O)(=O)c1cc(F)cc(NC(=O)c2ccc(F)cn2)c1. The molecule has 0 aliphatic carbocycles. The van der Waals surface area contributed by atoms with Crippen molar-refractivity contribution in [3.05, 3.63) is 53.9 Å². The maximum Gasteiger partial charge on any atom is 0.274 e. The molecule has 0 fully saturated rings. The lowest BCUT2D eigenvalue weighted by Gasteiger charge is -2.07. The van der Waals surface area contributed by atoms with Gasteiger partial charge in [-0.05, 0) is 30.3 Å². The van der Waals surface area contributed by atoms with Gasteiger partial charge in [0.2, 0.25) is 10.0 Å². The average Bonchev–Trinajstić information content (AvgIpc) is 2.37. The lowest BCUT2D eigenvalue weighted by atomic mass is 10.3. The topological polar surface area (TPSA) is 102 Å². The van der Waals surface area contributed by atoms with Gasteiger partial charge in [-0.15, -0.1) is 0 Å². The Kier molecular flexibility index (Phi) is 3.96. The Morgan fingerprint density at radius 1 is 1.14 bits per heavy atom. The molecule has 2 aromatic rings. The van der Waals surface area contributed by atoms with E-state index >= 15 is 0 Å². The molecular formula is C12H9F2N3O3S. The van der Waals surface area contributed by atoms with E-state index in [1.165, 1.54) is 0 Å². The van der Waals surface area contributed by atoms with Crippen molar-refractivity contribution in [1.82, 2.24) is 4.98 Å². The normalized spacial score (nSPS) is 11.2. The predicted molar refractivity (Wildman–Crippen MR) is 69.9 cm³/mol. The van der Waals surface area contributed by atoms with Crippen LogP contribution in [0.2, 0.25) is 0 Å². The number of carbonyl (C=O) groups is 1. The Balaban J connectivity index is 2.29. The van der Waals surface area contributed by atoms with Crippen molar-refractivity contribution in [2.24, 2.45) is 5.14 Å². The fourth-order valence-electron chi connectivity index (χ4n) is 1.50. The molecule has 0 saturated heterocycles. The summed E-state index contributed by atoms with van der Waals surface area (Å²) in [5.41, 5.74) is -0.229. The number of benzene rings is 1. The van der Waals surface area contributed by atoms with Crippen molar-refractivity contribution in [3.8, 4) is 0 Å². The molecule has 1 aromatic carbocycles. The van der Waals surface area contributed by atoms with Crippen molar-refractivity contribution in [3.63, 3.8) is 0 Å². The number of nitrogens with one attached hydrogen (secondary N) is 1. The first-order chi connectivity index (χ1) is 9.75. The summed E-state index contributed by atoms with van der Waals surface area (Å²) in [6.07, 6.45) is 0.844. The molecule has 3 N–H and O–H groups in total. The van der Waals surface area contributed by atoms with E-state index in [1.807, 2.05) is 0 Å². The monoisotopic (exact) mass is 313 g/mol. The minimum absolute atomic E-state index is 0.113. The van der Waals surface area contributed by atoms with Gasteiger partial charge in [-0.1, -0.05) is 0 Å². The van der Waals surface area contributed by atoms with Gasteiger partial charge in [0.15, 0.2) is 0 Å². The molecule has 1 heterocycles. The molecule has 6 nitrogen and oxygen atoms in total. The van der Waals surface area contributed by atoms with Crippen LogP contribution in [0.1, 0.15) is 10.5 Å². The lowest BCUT2D eigenvalue weighted by molar-refractivity contribution is 0.102. The molecule has 0 unspecified atom stereocenters. The number of nitrogens with zero attached hydrogens (tertiary/aromatic N) is 1. The van der Waals surface area contributed by atoms with E-state index in [2.05, 4.69) is 10.3 Å². The van der Waals surface area contributed by atoms with Gasteiger partial charge in [0.1, 0.15) is 17.3 Å². The highest BCUT2D eigenvalue weighted by atomic mass is 32.2. The average molecular weight is 313 g/mol. The molecular weight excluding hydrogens is 304 g/mol. The molecule has 21 heavy (non-hydrogen) atoms. The van der Waals surface area contributed by atoms with Crippen LogP contribution in [0.15, 0.2) is 41.4 Å². The van der Waals surface area contributed by atoms with Crippen molar-refractivity contribution in [2.75, 3.05) is 5.32 Å². The first kappa shape index (κ1) is 15.0. The van der Waals surface area contributed by atoms with Crippen molar-refractivity contribution in [1.29, 1.82) is 0 Å². The van der Waals surface area contributed by atoms with Gasteiger partial charge in [-0.2, -0.15) is 0 Å². The largest absolute Gasteiger partial charge is 0.321 e. The van der Waals surface area contributed by atoms with Gasteiger partial charge >= 0.3 is 0 Å². The number of nitrogens with two attached hydrogens (primary N) is 1. The number of anilines is 1. The molecule has 2 rings (SSSR count). The molecule has 1 aromatic heterocycles. The molecule has 0 radical (unpaired) electrons. The molecule has 1 amide bonds. The fourth-order valence-corrected chi connectivity index (χ4v) is 2.07. The Morgan fingerprint density at radius 3 is 2.43 bits per heavy atom. The minimum atomic E-state index is -4.11. The zero-order valence-electron chi connectivity index (χ0n) is 10.4. The molecule has 0 aliphatic heterocycles. The molecule has 9 heteroatoms. The summed E-state index contributed by atoms with van der Waals surface area (Å²) in [5, 5.41) is 7.14. The van der Waals surface area contributed by atoms with Gasteiger partial charge < -0.3 is 5.32 Å². The number of halogens is 2. The smallest absolute Gasteiger partial charge is 0.274 e. The van der Waals surface area contributed by atoms with E-state index in [-0.39, 0.29) is 11.4 Å². The van der Waals surface area contributed by atoms with E-state index in [0.29, 0.717) is 0 Å². The summed E-state index contributed by atoms with van der Waals surface area (Å²) in [5.74, 6) is -2.25. The maximum atomic E-state index is 13.3. The van der Waals surface area contributed by atoms with Crippen LogP contribution in [0.5, 0.6) is 0 Å². The number of amides is 1. The zero-order valence-corrected chi connectivity index (χ0v) is 11.2. The number of carbonyl (C=O) groups excluding carboxylic acids is 1. The van der Waals surface area contributed by atoms with Crippen LogP contribution in [0.25, 0.3) is 0 Å². The standard InChI is InChI=1S/C12H9F2N3O3S/c13-7-1-2-11(16-6-7)12(18)17-9-3-8(14)4-10(5-9)21(15,19)20/h1-6H,(H,17,18)(H2,15,19,20).